The van der Waals surface area contributed by atoms with E-state index < -0.39 is 5.66 Å². The van der Waals surface area contributed by atoms with Gasteiger partial charge in [-0.25, -0.2) is 0 Å². The van der Waals surface area contributed by atoms with Crippen molar-refractivity contribution in [2.45, 2.75) is 25.9 Å². The Hall–Kier alpha value is -2.21. The van der Waals surface area contributed by atoms with E-state index in [-0.39, 0.29) is 10.6 Å². The van der Waals surface area contributed by atoms with Gasteiger partial charge in [0.1, 0.15) is 5.66 Å². The van der Waals surface area contributed by atoms with Gasteiger partial charge in [0.05, 0.1) is 4.92 Å². The molecule has 0 bridgehead atoms. The average Bonchev–Trinajstić information content (AvgIpc) is 2.97. The molecule has 22 heavy (non-hydrogen) atoms. The average molecular weight is 302 g/mol. The number of rotatable bonds is 8. The van der Waals surface area contributed by atoms with Gasteiger partial charge < -0.3 is 10.2 Å². The van der Waals surface area contributed by atoms with Gasteiger partial charge in [-0.05, 0) is 31.3 Å². The number of hydrogen-bond acceptors (Lipinski definition) is 5. The van der Waals surface area contributed by atoms with Gasteiger partial charge in [0, 0.05) is 37.0 Å². The van der Waals surface area contributed by atoms with Crippen molar-refractivity contribution in [1.82, 2.24) is 4.90 Å². The number of non-ortho nitro benzene ring substituents is 1. The van der Waals surface area contributed by atoms with Crippen molar-refractivity contribution < 1.29 is 4.92 Å². The van der Waals surface area contributed by atoms with Gasteiger partial charge in [-0.2, -0.15) is 0 Å². The second kappa shape index (κ2) is 7.17. The Morgan fingerprint density at radius 2 is 2.14 bits per heavy atom. The third-order valence-corrected chi connectivity index (χ3v) is 3.88. The van der Waals surface area contributed by atoms with Crippen molar-refractivity contribution in [2.75, 3.05) is 25.0 Å². The van der Waals surface area contributed by atoms with E-state index in [1.807, 2.05) is 18.2 Å². The summed E-state index contributed by atoms with van der Waals surface area (Å²) in [5.41, 5.74) is 0.268. The van der Waals surface area contributed by atoms with Crippen LogP contribution < -0.4 is 5.32 Å². The normalized spacial score (nSPS) is 19.8. The maximum Gasteiger partial charge on any atom is 0.271 e. The molecule has 0 aliphatic carbocycles. The Balaban J connectivity index is 2.12. The zero-order chi connectivity index (χ0) is 16.0. The molecule has 0 radical (unpaired) electrons. The number of nitrogens with one attached hydrogen (secondary N) is 1. The fraction of sp³-hybridized carbons (Fsp3) is 0.438. The van der Waals surface area contributed by atoms with Crippen LogP contribution in [0, 0.1) is 10.1 Å². The lowest BCUT2D eigenvalue weighted by molar-refractivity contribution is -0.384. The van der Waals surface area contributed by atoms with Crippen molar-refractivity contribution in [2.24, 2.45) is 4.99 Å². The Morgan fingerprint density at radius 3 is 2.73 bits per heavy atom. The van der Waals surface area contributed by atoms with E-state index in [0.29, 0.717) is 5.69 Å². The van der Waals surface area contributed by atoms with E-state index in [4.69, 9.17) is 0 Å². The highest BCUT2D eigenvalue weighted by atomic mass is 16.6. The zero-order valence-electron chi connectivity index (χ0n) is 13.0. The first-order valence-electron chi connectivity index (χ1n) is 7.56. The van der Waals surface area contributed by atoms with Gasteiger partial charge in [0.2, 0.25) is 0 Å². The molecular formula is C16H22N4O2. The van der Waals surface area contributed by atoms with Gasteiger partial charge in [-0.3, -0.25) is 15.1 Å². The number of hydrogen-bond donors (Lipinski definition) is 1. The van der Waals surface area contributed by atoms with Crippen LogP contribution in [0.2, 0.25) is 0 Å². The van der Waals surface area contributed by atoms with Crippen molar-refractivity contribution in [1.29, 1.82) is 0 Å². The molecule has 1 heterocycles. The summed E-state index contributed by atoms with van der Waals surface area (Å²) < 4.78 is 0. The number of nitro benzene ring substituents is 1. The molecule has 1 aromatic carbocycles. The fourth-order valence-corrected chi connectivity index (χ4v) is 2.52. The maximum absolute atomic E-state index is 10.9. The molecule has 0 amide bonds. The first-order chi connectivity index (χ1) is 10.6. The minimum atomic E-state index is -0.516. The SMILES string of the molecule is CCN(CC)CCC1(Nc2cccc([N+](=O)[O-])c2)C=CC=N1. The Kier molecular flexibility index (Phi) is 5.27. The van der Waals surface area contributed by atoms with Crippen LogP contribution >= 0.6 is 0 Å². The first-order valence-corrected chi connectivity index (χ1v) is 7.56. The Bertz CT molecular complexity index is 567. The minimum absolute atomic E-state index is 0.0786. The molecule has 2 rings (SSSR count). The van der Waals surface area contributed by atoms with Gasteiger partial charge >= 0.3 is 0 Å². The number of allylic oxidation sites excluding steroid dienone is 1. The van der Waals surface area contributed by atoms with Gasteiger partial charge in [-0.1, -0.05) is 19.9 Å². The summed E-state index contributed by atoms with van der Waals surface area (Å²) in [5.74, 6) is 0. The molecule has 1 N–H and O–H groups in total. The number of anilines is 1. The molecule has 118 valence electrons. The molecule has 1 aromatic rings. The predicted octanol–water partition coefficient (Wildman–Crippen LogP) is 3.08. The monoisotopic (exact) mass is 302 g/mol. The number of aliphatic imine (C=N–C) groups is 1. The molecule has 1 aliphatic rings. The molecule has 1 unspecified atom stereocenters. The van der Waals surface area contributed by atoms with Crippen molar-refractivity contribution >= 4 is 17.6 Å². The molecule has 6 nitrogen and oxygen atoms in total. The lowest BCUT2D eigenvalue weighted by Gasteiger charge is -2.29. The van der Waals surface area contributed by atoms with Crippen LogP contribution in [0.25, 0.3) is 0 Å². The molecular weight excluding hydrogens is 280 g/mol. The summed E-state index contributed by atoms with van der Waals surface area (Å²) in [4.78, 5) is 17.4. The molecule has 1 atom stereocenters. The summed E-state index contributed by atoms with van der Waals surface area (Å²) in [6, 6.07) is 6.54. The first kappa shape index (κ1) is 16.2. The molecule has 0 fully saturated rings. The lowest BCUT2D eigenvalue weighted by Crippen LogP contribution is -2.37. The smallest absolute Gasteiger partial charge is 0.271 e. The molecule has 6 heteroatoms. The van der Waals surface area contributed by atoms with Crippen molar-refractivity contribution in [3.05, 3.63) is 46.5 Å². The summed E-state index contributed by atoms with van der Waals surface area (Å²) >= 11 is 0. The summed E-state index contributed by atoms with van der Waals surface area (Å²) in [6.45, 7) is 7.18. The third-order valence-electron chi connectivity index (χ3n) is 3.88. The fourth-order valence-electron chi connectivity index (χ4n) is 2.52. The van der Waals surface area contributed by atoms with Crippen LogP contribution in [0.15, 0.2) is 41.4 Å². The van der Waals surface area contributed by atoms with E-state index >= 15 is 0 Å². The highest BCUT2D eigenvalue weighted by Crippen LogP contribution is 2.27. The van der Waals surface area contributed by atoms with Crippen LogP contribution in [0.3, 0.4) is 0 Å². The molecule has 1 aliphatic heterocycles. The molecule has 0 saturated carbocycles. The number of nitrogens with zero attached hydrogens (tertiary/aromatic N) is 3. The van der Waals surface area contributed by atoms with Crippen LogP contribution in [0.4, 0.5) is 11.4 Å². The van der Waals surface area contributed by atoms with Crippen LogP contribution in [-0.4, -0.2) is 41.3 Å². The van der Waals surface area contributed by atoms with Crippen LogP contribution in [-0.2, 0) is 0 Å². The molecule has 0 spiro atoms. The van der Waals surface area contributed by atoms with Crippen LogP contribution in [0.5, 0.6) is 0 Å². The zero-order valence-corrected chi connectivity index (χ0v) is 13.0. The summed E-state index contributed by atoms with van der Waals surface area (Å²) in [6.07, 6.45) is 6.50. The maximum atomic E-state index is 10.9. The number of nitro groups is 1. The second-order valence-corrected chi connectivity index (χ2v) is 5.27. The van der Waals surface area contributed by atoms with E-state index in [0.717, 1.165) is 26.1 Å². The lowest BCUT2D eigenvalue weighted by atomic mass is 10.1. The highest BCUT2D eigenvalue weighted by molar-refractivity contribution is 5.76. The largest absolute Gasteiger partial charge is 0.358 e. The Labute approximate surface area is 130 Å². The van der Waals surface area contributed by atoms with E-state index in [1.165, 1.54) is 6.07 Å². The van der Waals surface area contributed by atoms with E-state index in [9.17, 15) is 10.1 Å². The van der Waals surface area contributed by atoms with Crippen molar-refractivity contribution in [3.8, 4) is 0 Å². The molecule has 0 aromatic heterocycles. The van der Waals surface area contributed by atoms with Gasteiger partial charge in [-0.15, -0.1) is 0 Å². The van der Waals surface area contributed by atoms with Gasteiger partial charge in [0.15, 0.2) is 0 Å². The third kappa shape index (κ3) is 3.92. The summed E-state index contributed by atoms with van der Waals surface area (Å²) in [7, 11) is 0. The molecule has 0 saturated heterocycles. The number of benzene rings is 1. The van der Waals surface area contributed by atoms with E-state index in [2.05, 4.69) is 29.1 Å². The summed E-state index contributed by atoms with van der Waals surface area (Å²) in [5, 5.41) is 14.2. The second-order valence-electron chi connectivity index (χ2n) is 5.27. The quantitative estimate of drug-likeness (QED) is 0.592. The van der Waals surface area contributed by atoms with Crippen molar-refractivity contribution in [3.63, 3.8) is 0 Å². The predicted molar refractivity (Wildman–Crippen MR) is 89.5 cm³/mol. The van der Waals surface area contributed by atoms with E-state index in [1.54, 1.807) is 18.3 Å². The Morgan fingerprint density at radius 1 is 1.36 bits per heavy atom. The van der Waals surface area contributed by atoms with Crippen LogP contribution in [0.1, 0.15) is 20.3 Å². The highest BCUT2D eigenvalue weighted by Gasteiger charge is 2.28. The topological polar surface area (TPSA) is 70.8 Å². The van der Waals surface area contributed by atoms with Gasteiger partial charge in [0.25, 0.3) is 5.69 Å². The standard InChI is InChI=1S/C16H22N4O2/c1-3-19(4-2)12-10-16(9-6-11-17-16)18-14-7-5-8-15(13-14)20(21)22/h5-9,11,13,18H,3-4,10,12H2,1-2H3. The minimum Gasteiger partial charge on any atom is -0.358 e.